The molecule has 2 heterocycles. The van der Waals surface area contributed by atoms with Gasteiger partial charge in [-0.2, -0.15) is 0 Å². The molecule has 1 saturated heterocycles. The summed E-state index contributed by atoms with van der Waals surface area (Å²) in [7, 11) is 0. The van der Waals surface area contributed by atoms with Gasteiger partial charge < -0.3 is 15.3 Å². The van der Waals surface area contributed by atoms with Crippen LogP contribution in [0.5, 0.6) is 0 Å². The normalized spacial score (nSPS) is 18.0. The molecule has 5 N–H and O–H groups in total. The fourth-order valence-corrected chi connectivity index (χ4v) is 7.36. The number of carbonyl (C=O) groups excluding carboxylic acids is 1. The van der Waals surface area contributed by atoms with Crippen molar-refractivity contribution in [2.45, 2.75) is 6.10 Å². The SMILES string of the molecule is O=C(O)CN1CCN(CC(=O)O)CCN(CC(O)CNC(=O)c2cc3ccccc3[te]2)CCN(CC(=O)O)CC1. The average Bonchev–Trinajstić information content (AvgIpc) is 3.32. The molecule has 40 heavy (non-hydrogen) atoms. The molecule has 1 fully saturated rings. The number of carboxylic acids is 3. The standard InChI is InChI=1S/C26H37N5O8Te/c32-20(14-27-26(39)22-13-19-3-1-2-4-21(19)40-22)15-28-5-7-29(16-23(33)34)9-11-31(18-25(37)38)12-10-30(8-6-28)17-24(35)36/h1-4,13,20,32H,5-12,14-18H2,(H,27,39)(H,33,34)(H,35,36)(H,37,38). The second-order valence-corrected chi connectivity index (χ2v) is 12.9. The Hall–Kier alpha value is -2.57. The summed E-state index contributed by atoms with van der Waals surface area (Å²) in [5.74, 6) is -3.18. The maximum atomic E-state index is 12.7. The number of fused-ring (bicyclic) bond motifs is 1. The van der Waals surface area contributed by atoms with Crippen LogP contribution in [0.25, 0.3) is 8.79 Å². The molecule has 1 aliphatic rings. The van der Waals surface area contributed by atoms with E-state index in [1.54, 1.807) is 14.7 Å². The molecule has 1 aromatic heterocycles. The summed E-state index contributed by atoms with van der Waals surface area (Å²) in [6, 6.07) is 9.82. The van der Waals surface area contributed by atoms with Gasteiger partial charge in [-0.15, -0.1) is 0 Å². The third kappa shape index (κ3) is 11.1. The summed E-state index contributed by atoms with van der Waals surface area (Å²) < 4.78 is 1.97. The van der Waals surface area contributed by atoms with Gasteiger partial charge in [0.2, 0.25) is 0 Å². The molecule has 1 atom stereocenters. The second kappa shape index (κ2) is 16.0. The first-order valence-electron chi connectivity index (χ1n) is 13.1. The van der Waals surface area contributed by atoms with Crippen molar-refractivity contribution >= 4 is 53.0 Å². The molecular weight excluding hydrogens is 638 g/mol. The molecule has 3 rings (SSSR count). The molecule has 220 valence electrons. The molecule has 0 aliphatic carbocycles. The fourth-order valence-electron chi connectivity index (χ4n) is 4.56. The Labute approximate surface area is 242 Å². The van der Waals surface area contributed by atoms with Crippen LogP contribution in [0.2, 0.25) is 0 Å². The van der Waals surface area contributed by atoms with Crippen molar-refractivity contribution in [2.24, 2.45) is 0 Å². The van der Waals surface area contributed by atoms with Crippen molar-refractivity contribution in [2.75, 3.05) is 85.1 Å². The summed E-state index contributed by atoms with van der Waals surface area (Å²) in [6.45, 7) is 2.45. The number of aliphatic hydroxyl groups is 1. The van der Waals surface area contributed by atoms with Gasteiger partial charge in [-0.1, -0.05) is 0 Å². The molecule has 14 heteroatoms. The molecule has 0 radical (unpaired) electrons. The number of nitrogens with zero attached hydrogens (tertiary/aromatic N) is 4. The Kier molecular flexibility index (Phi) is 12.8. The molecule has 13 nitrogen and oxygen atoms in total. The van der Waals surface area contributed by atoms with Crippen LogP contribution in [0.3, 0.4) is 0 Å². The van der Waals surface area contributed by atoms with E-state index < -0.39 is 44.4 Å². The number of rotatable bonds is 11. The molecule has 1 unspecified atom stereocenters. The van der Waals surface area contributed by atoms with Crippen LogP contribution >= 0.6 is 0 Å². The molecule has 1 amide bonds. The fraction of sp³-hybridized carbons (Fsp3) is 0.538. The number of aliphatic hydroxyl groups excluding tert-OH is 1. The van der Waals surface area contributed by atoms with Crippen LogP contribution in [0.15, 0.2) is 30.3 Å². The van der Waals surface area contributed by atoms with Crippen molar-refractivity contribution in [3.8, 4) is 0 Å². The van der Waals surface area contributed by atoms with E-state index >= 15 is 0 Å². The van der Waals surface area contributed by atoms with Crippen molar-refractivity contribution in [3.63, 3.8) is 0 Å². The number of hydrogen-bond acceptors (Lipinski definition) is 9. The van der Waals surface area contributed by atoms with Gasteiger partial charge in [-0.25, -0.2) is 0 Å². The van der Waals surface area contributed by atoms with Gasteiger partial charge in [-0.3, -0.25) is 19.3 Å². The van der Waals surface area contributed by atoms with Crippen LogP contribution in [-0.2, 0) is 14.4 Å². The zero-order valence-corrected chi connectivity index (χ0v) is 24.6. The number of β-amino-alcohol motifs (C(OH)–C–C–N with tert-alkyl or cyclic N) is 1. The van der Waals surface area contributed by atoms with Crippen LogP contribution < -0.4 is 5.32 Å². The number of aliphatic carboxylic acids is 3. The van der Waals surface area contributed by atoms with Crippen molar-refractivity contribution in [3.05, 3.63) is 33.9 Å². The number of amides is 1. The van der Waals surface area contributed by atoms with Gasteiger partial charge in [0.15, 0.2) is 0 Å². The van der Waals surface area contributed by atoms with Crippen LogP contribution in [0.4, 0.5) is 0 Å². The van der Waals surface area contributed by atoms with Gasteiger partial charge in [0.05, 0.1) is 6.54 Å². The molecule has 0 saturated carbocycles. The Bertz CT molecular complexity index is 1100. The molecular formula is C26H37N5O8Te. The quantitative estimate of drug-likeness (QED) is 0.174. The van der Waals surface area contributed by atoms with E-state index in [1.165, 1.54) is 3.40 Å². The number of carboxylic acid groups (broad SMARTS) is 3. The number of nitrogens with one attached hydrogen (secondary N) is 1. The molecule has 1 aliphatic heterocycles. The van der Waals surface area contributed by atoms with E-state index in [0.717, 1.165) is 8.97 Å². The number of benzene rings is 1. The summed E-state index contributed by atoms with van der Waals surface area (Å²) in [4.78, 5) is 54.0. The third-order valence-corrected chi connectivity index (χ3v) is 9.80. The van der Waals surface area contributed by atoms with Crippen molar-refractivity contribution in [1.82, 2.24) is 24.9 Å². The van der Waals surface area contributed by atoms with E-state index in [2.05, 4.69) is 5.32 Å². The summed E-state index contributed by atoms with van der Waals surface area (Å²) in [6.07, 6.45) is -0.881. The summed E-state index contributed by atoms with van der Waals surface area (Å²) >= 11 is -0.772. The van der Waals surface area contributed by atoms with Crippen LogP contribution in [0, 0.1) is 0 Å². The van der Waals surface area contributed by atoms with Crippen molar-refractivity contribution < 1.29 is 39.6 Å². The second-order valence-electron chi connectivity index (χ2n) is 9.82. The van der Waals surface area contributed by atoms with E-state index in [-0.39, 0.29) is 38.6 Å². The van der Waals surface area contributed by atoms with Gasteiger partial charge in [-0.05, 0) is 0 Å². The first-order chi connectivity index (χ1) is 19.1. The van der Waals surface area contributed by atoms with E-state index in [0.29, 0.717) is 52.4 Å². The number of carbonyl (C=O) groups is 4. The predicted octanol–water partition coefficient (Wildman–Crippen LogP) is -1.54. The van der Waals surface area contributed by atoms with Crippen LogP contribution in [-0.4, -0.2) is 175 Å². The monoisotopic (exact) mass is 677 g/mol. The zero-order chi connectivity index (χ0) is 29.1. The van der Waals surface area contributed by atoms with E-state index in [9.17, 15) is 39.6 Å². The number of hydrogen-bond donors (Lipinski definition) is 5. The Morgan fingerprint density at radius 1 is 0.750 bits per heavy atom. The Morgan fingerprint density at radius 2 is 1.20 bits per heavy atom. The zero-order valence-electron chi connectivity index (χ0n) is 22.3. The minimum atomic E-state index is -1.01. The van der Waals surface area contributed by atoms with E-state index in [4.69, 9.17) is 0 Å². The van der Waals surface area contributed by atoms with Gasteiger partial charge in [0, 0.05) is 0 Å². The summed E-state index contributed by atoms with van der Waals surface area (Å²) in [5, 5.41) is 42.6. The molecule has 2 aromatic rings. The third-order valence-electron chi connectivity index (χ3n) is 6.62. The van der Waals surface area contributed by atoms with Gasteiger partial charge in [0.25, 0.3) is 0 Å². The maximum absolute atomic E-state index is 12.7. The first kappa shape index (κ1) is 32.0. The Balaban J connectivity index is 1.63. The van der Waals surface area contributed by atoms with Gasteiger partial charge >= 0.3 is 202 Å². The minimum absolute atomic E-state index is 0.0534. The van der Waals surface area contributed by atoms with Gasteiger partial charge in [0.1, 0.15) is 0 Å². The van der Waals surface area contributed by atoms with Crippen molar-refractivity contribution in [1.29, 1.82) is 0 Å². The first-order valence-corrected chi connectivity index (χ1v) is 15.4. The predicted molar refractivity (Wildman–Crippen MR) is 148 cm³/mol. The average molecular weight is 675 g/mol. The topological polar surface area (TPSA) is 174 Å². The molecule has 0 spiro atoms. The molecule has 1 aromatic carbocycles. The molecule has 0 bridgehead atoms. The summed E-state index contributed by atoms with van der Waals surface area (Å²) in [5.41, 5.74) is 0. The van der Waals surface area contributed by atoms with E-state index in [1.807, 2.05) is 35.2 Å². The van der Waals surface area contributed by atoms with Crippen LogP contribution in [0.1, 0.15) is 8.37 Å². The Morgan fingerprint density at radius 3 is 1.65 bits per heavy atom.